The van der Waals surface area contributed by atoms with Crippen LogP contribution in [0.15, 0.2) is 24.3 Å². The molecule has 1 atom stereocenters. The lowest BCUT2D eigenvalue weighted by Crippen LogP contribution is -2.41. The van der Waals surface area contributed by atoms with E-state index in [0.717, 1.165) is 5.69 Å². The van der Waals surface area contributed by atoms with E-state index in [0.29, 0.717) is 12.0 Å². The first-order valence-corrected chi connectivity index (χ1v) is 6.15. The van der Waals surface area contributed by atoms with Crippen LogP contribution in [0.4, 0.5) is 5.69 Å². The van der Waals surface area contributed by atoms with Gasteiger partial charge in [0, 0.05) is 25.3 Å². The Bertz CT molecular complexity index is 458. The minimum absolute atomic E-state index is 0.277. The van der Waals surface area contributed by atoms with Crippen molar-refractivity contribution in [2.45, 2.75) is 19.4 Å². The zero-order valence-corrected chi connectivity index (χ0v) is 11.8. The van der Waals surface area contributed by atoms with Crippen LogP contribution in [-0.2, 0) is 9.53 Å². The van der Waals surface area contributed by atoms with Crippen molar-refractivity contribution in [2.24, 2.45) is 0 Å². The molecule has 0 aliphatic carbocycles. The molecule has 5 heteroatoms. The van der Waals surface area contributed by atoms with E-state index in [1.807, 2.05) is 38.1 Å². The average Bonchev–Trinajstić information content (AvgIpc) is 2.43. The molecule has 0 aromatic heterocycles. The largest absolute Gasteiger partial charge is 0.467 e. The molecule has 1 aromatic carbocycles. The third kappa shape index (κ3) is 3.98. The summed E-state index contributed by atoms with van der Waals surface area (Å²) in [5.74, 6) is -0.708. The van der Waals surface area contributed by atoms with Gasteiger partial charge in [0.1, 0.15) is 6.04 Å². The highest BCUT2D eigenvalue weighted by atomic mass is 16.5. The lowest BCUT2D eigenvalue weighted by Gasteiger charge is -2.16. The van der Waals surface area contributed by atoms with Gasteiger partial charge in [-0.2, -0.15) is 0 Å². The predicted molar refractivity (Wildman–Crippen MR) is 74.3 cm³/mol. The summed E-state index contributed by atoms with van der Waals surface area (Å²) in [4.78, 5) is 25.4. The van der Waals surface area contributed by atoms with Crippen LogP contribution in [-0.4, -0.2) is 39.1 Å². The second-order valence-corrected chi connectivity index (χ2v) is 4.40. The van der Waals surface area contributed by atoms with E-state index in [-0.39, 0.29) is 5.91 Å². The zero-order valence-electron chi connectivity index (χ0n) is 11.8. The molecule has 0 bridgehead atoms. The first-order chi connectivity index (χ1) is 8.99. The molecule has 0 spiro atoms. The van der Waals surface area contributed by atoms with E-state index in [2.05, 4.69) is 10.1 Å². The molecular formula is C14H20N2O3. The van der Waals surface area contributed by atoms with Crippen LogP contribution in [0.5, 0.6) is 0 Å². The van der Waals surface area contributed by atoms with Crippen molar-refractivity contribution >= 4 is 17.6 Å². The summed E-state index contributed by atoms with van der Waals surface area (Å²) in [5, 5.41) is 2.67. The number of benzene rings is 1. The van der Waals surface area contributed by atoms with Gasteiger partial charge in [-0.25, -0.2) is 4.79 Å². The van der Waals surface area contributed by atoms with E-state index in [9.17, 15) is 9.59 Å². The maximum absolute atomic E-state index is 12.1. The number of methoxy groups -OCH3 is 1. The van der Waals surface area contributed by atoms with Crippen molar-refractivity contribution in [2.75, 3.05) is 26.1 Å². The molecule has 1 amide bonds. The summed E-state index contributed by atoms with van der Waals surface area (Å²) < 4.78 is 4.64. The maximum atomic E-state index is 12.1. The van der Waals surface area contributed by atoms with Gasteiger partial charge in [0.05, 0.1) is 7.11 Å². The van der Waals surface area contributed by atoms with E-state index < -0.39 is 12.0 Å². The smallest absolute Gasteiger partial charge is 0.328 e. The fourth-order valence-electron chi connectivity index (χ4n) is 1.64. The van der Waals surface area contributed by atoms with Crippen LogP contribution in [0.1, 0.15) is 23.7 Å². The van der Waals surface area contributed by atoms with Crippen LogP contribution in [0.3, 0.4) is 0 Å². The highest BCUT2D eigenvalue weighted by molar-refractivity contribution is 5.97. The van der Waals surface area contributed by atoms with Crippen LogP contribution >= 0.6 is 0 Å². The number of nitrogens with zero attached hydrogens (tertiary/aromatic N) is 1. The number of rotatable bonds is 5. The molecule has 0 heterocycles. The molecule has 19 heavy (non-hydrogen) atoms. The van der Waals surface area contributed by atoms with Gasteiger partial charge in [-0.3, -0.25) is 4.79 Å². The summed E-state index contributed by atoms with van der Waals surface area (Å²) in [5.41, 5.74) is 1.45. The second-order valence-electron chi connectivity index (χ2n) is 4.40. The number of amides is 1. The van der Waals surface area contributed by atoms with Crippen molar-refractivity contribution in [3.8, 4) is 0 Å². The predicted octanol–water partition coefficient (Wildman–Crippen LogP) is 1.43. The average molecular weight is 264 g/mol. The lowest BCUT2D eigenvalue weighted by molar-refractivity contribution is -0.142. The molecule has 0 saturated carbocycles. The van der Waals surface area contributed by atoms with Gasteiger partial charge >= 0.3 is 5.97 Å². The highest BCUT2D eigenvalue weighted by Gasteiger charge is 2.20. The molecule has 0 radical (unpaired) electrons. The first-order valence-electron chi connectivity index (χ1n) is 6.15. The van der Waals surface area contributed by atoms with Gasteiger partial charge < -0.3 is 15.0 Å². The van der Waals surface area contributed by atoms with Crippen molar-refractivity contribution < 1.29 is 14.3 Å². The Morgan fingerprint density at radius 2 is 2.05 bits per heavy atom. The van der Waals surface area contributed by atoms with Gasteiger partial charge in [-0.05, 0) is 24.6 Å². The SMILES string of the molecule is CCC(NC(=O)c1cccc(N(C)C)c1)C(=O)OC. The molecule has 1 rings (SSSR count). The van der Waals surface area contributed by atoms with Gasteiger partial charge in [0.2, 0.25) is 0 Å². The molecule has 0 saturated heterocycles. The standard InChI is InChI=1S/C14H20N2O3/c1-5-12(14(18)19-4)15-13(17)10-7-6-8-11(9-10)16(2)3/h6-9,12H,5H2,1-4H3,(H,15,17). The lowest BCUT2D eigenvalue weighted by atomic mass is 10.1. The zero-order chi connectivity index (χ0) is 14.4. The monoisotopic (exact) mass is 264 g/mol. The molecule has 1 aromatic rings. The number of hydrogen-bond acceptors (Lipinski definition) is 4. The van der Waals surface area contributed by atoms with Gasteiger partial charge in [0.15, 0.2) is 0 Å². The number of carbonyl (C=O) groups is 2. The molecule has 0 fully saturated rings. The quantitative estimate of drug-likeness (QED) is 0.817. The number of ether oxygens (including phenoxy) is 1. The number of anilines is 1. The first kappa shape index (κ1) is 15.0. The maximum Gasteiger partial charge on any atom is 0.328 e. The highest BCUT2D eigenvalue weighted by Crippen LogP contribution is 2.13. The van der Waals surface area contributed by atoms with E-state index in [4.69, 9.17) is 0 Å². The Balaban J connectivity index is 2.82. The summed E-state index contributed by atoms with van der Waals surface area (Å²) in [6.07, 6.45) is 0.492. The Morgan fingerprint density at radius 3 is 2.58 bits per heavy atom. The summed E-state index contributed by atoms with van der Waals surface area (Å²) in [6.45, 7) is 1.82. The van der Waals surface area contributed by atoms with Crippen LogP contribution < -0.4 is 10.2 Å². The van der Waals surface area contributed by atoms with Crippen molar-refractivity contribution in [3.05, 3.63) is 29.8 Å². The Hall–Kier alpha value is -2.04. The molecule has 1 N–H and O–H groups in total. The normalized spacial score (nSPS) is 11.6. The molecular weight excluding hydrogens is 244 g/mol. The molecule has 104 valence electrons. The third-order valence-corrected chi connectivity index (χ3v) is 2.82. The van der Waals surface area contributed by atoms with Gasteiger partial charge in [0.25, 0.3) is 5.91 Å². The minimum atomic E-state index is -0.611. The van der Waals surface area contributed by atoms with Crippen LogP contribution in [0, 0.1) is 0 Å². The number of hydrogen-bond donors (Lipinski definition) is 1. The summed E-state index contributed by atoms with van der Waals surface area (Å²) >= 11 is 0. The Morgan fingerprint density at radius 1 is 1.37 bits per heavy atom. The number of carbonyl (C=O) groups excluding carboxylic acids is 2. The molecule has 5 nitrogen and oxygen atoms in total. The van der Waals surface area contributed by atoms with Gasteiger partial charge in [-0.15, -0.1) is 0 Å². The minimum Gasteiger partial charge on any atom is -0.467 e. The van der Waals surface area contributed by atoms with E-state index >= 15 is 0 Å². The Kier molecular flexibility index (Phi) is 5.36. The van der Waals surface area contributed by atoms with Crippen molar-refractivity contribution in [3.63, 3.8) is 0 Å². The second kappa shape index (κ2) is 6.78. The van der Waals surface area contributed by atoms with Crippen molar-refractivity contribution in [1.29, 1.82) is 0 Å². The molecule has 0 aliphatic rings. The van der Waals surface area contributed by atoms with Crippen LogP contribution in [0.25, 0.3) is 0 Å². The summed E-state index contributed by atoms with van der Waals surface area (Å²) in [6, 6.07) is 6.60. The van der Waals surface area contributed by atoms with Crippen molar-refractivity contribution in [1.82, 2.24) is 5.32 Å². The molecule has 0 aliphatic heterocycles. The molecule has 1 unspecified atom stereocenters. The van der Waals surface area contributed by atoms with E-state index in [1.165, 1.54) is 7.11 Å². The fourth-order valence-corrected chi connectivity index (χ4v) is 1.64. The van der Waals surface area contributed by atoms with E-state index in [1.54, 1.807) is 12.1 Å². The topological polar surface area (TPSA) is 58.6 Å². The van der Waals surface area contributed by atoms with Crippen LogP contribution in [0.2, 0.25) is 0 Å². The number of nitrogens with one attached hydrogen (secondary N) is 1. The fraction of sp³-hybridized carbons (Fsp3) is 0.429. The third-order valence-electron chi connectivity index (χ3n) is 2.82. The Labute approximate surface area is 113 Å². The summed E-state index contributed by atoms with van der Waals surface area (Å²) in [7, 11) is 5.12. The number of esters is 1. The van der Waals surface area contributed by atoms with Gasteiger partial charge in [-0.1, -0.05) is 13.0 Å².